The summed E-state index contributed by atoms with van der Waals surface area (Å²) in [6, 6.07) is 0. The summed E-state index contributed by atoms with van der Waals surface area (Å²) in [5.41, 5.74) is 0. The van der Waals surface area contributed by atoms with Crippen LogP contribution in [0.15, 0.2) is 0 Å². The van der Waals surface area contributed by atoms with E-state index in [1.807, 2.05) is 0 Å². The van der Waals surface area contributed by atoms with E-state index in [-0.39, 0.29) is 6.10 Å². The predicted octanol–water partition coefficient (Wildman–Crippen LogP) is 1.60. The van der Waals surface area contributed by atoms with Crippen molar-refractivity contribution in [2.75, 3.05) is 38.6 Å². The van der Waals surface area contributed by atoms with E-state index >= 15 is 0 Å². The lowest BCUT2D eigenvalue weighted by molar-refractivity contribution is -0.0461. The van der Waals surface area contributed by atoms with E-state index in [1.165, 1.54) is 12.2 Å². The molecular formula is C13H25NO2S. The summed E-state index contributed by atoms with van der Waals surface area (Å²) < 4.78 is 5.89. The molecule has 2 aliphatic rings. The van der Waals surface area contributed by atoms with Crippen molar-refractivity contribution in [1.29, 1.82) is 0 Å². The van der Waals surface area contributed by atoms with Crippen LogP contribution in [0.1, 0.15) is 26.7 Å². The van der Waals surface area contributed by atoms with Crippen molar-refractivity contribution in [3.8, 4) is 0 Å². The van der Waals surface area contributed by atoms with Gasteiger partial charge in [0.2, 0.25) is 0 Å². The van der Waals surface area contributed by atoms with Crippen LogP contribution in [0.4, 0.5) is 0 Å². The third kappa shape index (κ3) is 4.12. The Kier molecular flexibility index (Phi) is 4.75. The van der Waals surface area contributed by atoms with E-state index in [0.717, 1.165) is 39.3 Å². The standard InChI is InChI=1S/C13H25NO2S/c1-13(2)4-5-14(6-8-17-13)9-11-10-16-7-3-12(11)15/h11-12,15H,3-10H2,1-2H3. The SMILES string of the molecule is CC1(C)CCN(CC2COCCC2O)CCS1. The summed E-state index contributed by atoms with van der Waals surface area (Å²) >= 11 is 2.07. The third-order valence-corrected chi connectivity index (χ3v) is 5.23. The van der Waals surface area contributed by atoms with Gasteiger partial charge < -0.3 is 14.7 Å². The van der Waals surface area contributed by atoms with E-state index < -0.39 is 0 Å². The van der Waals surface area contributed by atoms with Gasteiger partial charge in [-0.25, -0.2) is 0 Å². The summed E-state index contributed by atoms with van der Waals surface area (Å²) in [6.07, 6.45) is 1.88. The van der Waals surface area contributed by atoms with Crippen LogP contribution in [-0.2, 0) is 4.74 Å². The van der Waals surface area contributed by atoms with Gasteiger partial charge in [0, 0.05) is 36.1 Å². The number of nitrogens with zero attached hydrogens (tertiary/aromatic N) is 1. The number of rotatable bonds is 2. The number of ether oxygens (including phenoxy) is 1. The van der Waals surface area contributed by atoms with Crippen molar-refractivity contribution < 1.29 is 9.84 Å². The average molecular weight is 259 g/mol. The summed E-state index contributed by atoms with van der Waals surface area (Å²) in [7, 11) is 0. The Labute approximate surface area is 109 Å². The Morgan fingerprint density at radius 1 is 1.41 bits per heavy atom. The van der Waals surface area contributed by atoms with Crippen LogP contribution >= 0.6 is 11.8 Å². The molecule has 2 fully saturated rings. The second-order valence-corrected chi connectivity index (χ2v) is 7.65. The molecule has 0 aromatic heterocycles. The minimum absolute atomic E-state index is 0.160. The van der Waals surface area contributed by atoms with E-state index in [2.05, 4.69) is 30.5 Å². The van der Waals surface area contributed by atoms with Crippen LogP contribution in [0.25, 0.3) is 0 Å². The van der Waals surface area contributed by atoms with Crippen molar-refractivity contribution in [2.45, 2.75) is 37.5 Å². The van der Waals surface area contributed by atoms with Crippen molar-refractivity contribution in [3.05, 3.63) is 0 Å². The van der Waals surface area contributed by atoms with Crippen LogP contribution < -0.4 is 0 Å². The predicted molar refractivity (Wildman–Crippen MR) is 72.5 cm³/mol. The Morgan fingerprint density at radius 3 is 3.00 bits per heavy atom. The smallest absolute Gasteiger partial charge is 0.0624 e. The van der Waals surface area contributed by atoms with E-state index in [9.17, 15) is 5.11 Å². The zero-order chi connectivity index (χ0) is 12.3. The molecule has 2 unspecified atom stereocenters. The van der Waals surface area contributed by atoms with Gasteiger partial charge in [-0.1, -0.05) is 13.8 Å². The number of thioether (sulfide) groups is 1. The minimum Gasteiger partial charge on any atom is -0.393 e. The van der Waals surface area contributed by atoms with Crippen molar-refractivity contribution >= 4 is 11.8 Å². The molecule has 0 bridgehead atoms. The van der Waals surface area contributed by atoms with Crippen LogP contribution in [0.2, 0.25) is 0 Å². The van der Waals surface area contributed by atoms with Crippen LogP contribution in [0.5, 0.6) is 0 Å². The summed E-state index contributed by atoms with van der Waals surface area (Å²) in [5, 5.41) is 9.96. The second kappa shape index (κ2) is 5.91. The molecule has 17 heavy (non-hydrogen) atoms. The summed E-state index contributed by atoms with van der Waals surface area (Å²) in [5.74, 6) is 1.52. The monoisotopic (exact) mass is 259 g/mol. The van der Waals surface area contributed by atoms with Gasteiger partial charge in [-0.05, 0) is 19.4 Å². The maximum atomic E-state index is 9.96. The summed E-state index contributed by atoms with van der Waals surface area (Å²) in [4.78, 5) is 2.50. The van der Waals surface area contributed by atoms with E-state index in [0.29, 0.717) is 10.7 Å². The van der Waals surface area contributed by atoms with Gasteiger partial charge in [0.05, 0.1) is 12.7 Å². The maximum absolute atomic E-state index is 9.96. The number of hydrogen-bond donors (Lipinski definition) is 1. The first-order chi connectivity index (χ1) is 8.07. The average Bonchev–Trinajstić information content (AvgIpc) is 2.44. The zero-order valence-corrected chi connectivity index (χ0v) is 11.8. The number of hydrogen-bond acceptors (Lipinski definition) is 4. The molecular weight excluding hydrogens is 234 g/mol. The summed E-state index contributed by atoms with van der Waals surface area (Å²) in [6.45, 7) is 9.42. The minimum atomic E-state index is -0.160. The Morgan fingerprint density at radius 2 is 2.24 bits per heavy atom. The normalized spacial score (nSPS) is 35.5. The highest BCUT2D eigenvalue weighted by Crippen LogP contribution is 2.31. The van der Waals surface area contributed by atoms with Crippen LogP contribution in [0.3, 0.4) is 0 Å². The van der Waals surface area contributed by atoms with E-state index in [1.54, 1.807) is 0 Å². The fourth-order valence-electron chi connectivity index (χ4n) is 2.54. The zero-order valence-electron chi connectivity index (χ0n) is 11.0. The first kappa shape index (κ1) is 13.7. The topological polar surface area (TPSA) is 32.7 Å². The molecule has 0 amide bonds. The quantitative estimate of drug-likeness (QED) is 0.816. The Bertz CT molecular complexity index is 248. The van der Waals surface area contributed by atoms with Gasteiger partial charge in [-0.2, -0.15) is 11.8 Å². The third-order valence-electron chi connectivity index (χ3n) is 3.86. The molecule has 2 atom stereocenters. The maximum Gasteiger partial charge on any atom is 0.0624 e. The van der Waals surface area contributed by atoms with E-state index in [4.69, 9.17) is 4.74 Å². The van der Waals surface area contributed by atoms with Gasteiger partial charge >= 0.3 is 0 Å². The molecule has 2 rings (SSSR count). The first-order valence-corrected chi connectivity index (χ1v) is 7.67. The molecule has 100 valence electrons. The van der Waals surface area contributed by atoms with Crippen molar-refractivity contribution in [2.24, 2.45) is 5.92 Å². The van der Waals surface area contributed by atoms with Gasteiger partial charge in [0.15, 0.2) is 0 Å². The molecule has 2 saturated heterocycles. The Balaban J connectivity index is 1.82. The van der Waals surface area contributed by atoms with Gasteiger partial charge in [0.25, 0.3) is 0 Å². The van der Waals surface area contributed by atoms with Gasteiger partial charge in [0.1, 0.15) is 0 Å². The molecule has 0 radical (unpaired) electrons. The molecule has 3 nitrogen and oxygen atoms in total. The fourth-order valence-corrected chi connectivity index (χ4v) is 3.67. The lowest BCUT2D eigenvalue weighted by atomic mass is 9.98. The van der Waals surface area contributed by atoms with Crippen LogP contribution in [-0.4, -0.2) is 59.5 Å². The number of aliphatic hydroxyl groups is 1. The highest BCUT2D eigenvalue weighted by Gasteiger charge is 2.28. The lowest BCUT2D eigenvalue weighted by Gasteiger charge is -2.32. The molecule has 4 heteroatoms. The molecule has 0 spiro atoms. The number of aliphatic hydroxyl groups excluding tert-OH is 1. The fraction of sp³-hybridized carbons (Fsp3) is 1.00. The second-order valence-electron chi connectivity index (χ2n) is 5.85. The largest absolute Gasteiger partial charge is 0.393 e. The van der Waals surface area contributed by atoms with Crippen molar-refractivity contribution in [1.82, 2.24) is 4.90 Å². The Hall–Kier alpha value is 0.230. The van der Waals surface area contributed by atoms with Gasteiger partial charge in [-0.3, -0.25) is 0 Å². The molecule has 2 aliphatic heterocycles. The van der Waals surface area contributed by atoms with Crippen LogP contribution in [0, 0.1) is 5.92 Å². The van der Waals surface area contributed by atoms with Gasteiger partial charge in [-0.15, -0.1) is 0 Å². The molecule has 0 aromatic carbocycles. The molecule has 0 aromatic rings. The molecule has 1 N–H and O–H groups in total. The molecule has 0 saturated carbocycles. The highest BCUT2D eigenvalue weighted by molar-refractivity contribution is 8.00. The highest BCUT2D eigenvalue weighted by atomic mass is 32.2. The lowest BCUT2D eigenvalue weighted by Crippen LogP contribution is -2.41. The first-order valence-electron chi connectivity index (χ1n) is 6.69. The molecule has 2 heterocycles. The molecule has 0 aliphatic carbocycles. The van der Waals surface area contributed by atoms with Crippen molar-refractivity contribution in [3.63, 3.8) is 0 Å².